The minimum absolute atomic E-state index is 0.0622. The van der Waals surface area contributed by atoms with Gasteiger partial charge in [0.2, 0.25) is 5.91 Å². The number of nitrogens with one attached hydrogen (secondary N) is 4. The molecule has 3 aromatic carbocycles. The molecular formula is C29H34N6OS2. The maximum absolute atomic E-state index is 12.7. The van der Waals surface area contributed by atoms with Crippen LogP contribution in [0.3, 0.4) is 0 Å². The Morgan fingerprint density at radius 2 is 1.92 bits per heavy atom. The molecule has 1 atom stereocenters. The fourth-order valence-electron chi connectivity index (χ4n) is 4.40. The van der Waals surface area contributed by atoms with E-state index in [0.29, 0.717) is 0 Å². The number of aromatic nitrogens is 1. The Morgan fingerprint density at radius 1 is 1.16 bits per heavy atom. The molecule has 0 radical (unpaired) electrons. The number of piperidine rings is 1. The van der Waals surface area contributed by atoms with E-state index in [1.165, 1.54) is 15.8 Å². The predicted molar refractivity (Wildman–Crippen MR) is 160 cm³/mol. The van der Waals surface area contributed by atoms with Crippen molar-refractivity contribution in [1.29, 1.82) is 5.41 Å². The molecule has 6 N–H and O–H groups in total. The number of anilines is 1. The van der Waals surface area contributed by atoms with Crippen molar-refractivity contribution in [2.24, 2.45) is 11.7 Å². The van der Waals surface area contributed by atoms with Crippen molar-refractivity contribution in [3.05, 3.63) is 88.9 Å². The summed E-state index contributed by atoms with van der Waals surface area (Å²) in [7, 11) is 0. The molecule has 0 aliphatic carbocycles. The predicted octanol–water partition coefficient (Wildman–Crippen LogP) is 5.68. The molecule has 1 saturated heterocycles. The zero-order valence-electron chi connectivity index (χ0n) is 21.4. The number of carbonyl (C=O) groups excluding carboxylic acids is 1. The molecule has 38 heavy (non-hydrogen) atoms. The van der Waals surface area contributed by atoms with E-state index in [0.717, 1.165) is 59.8 Å². The third-order valence-electron chi connectivity index (χ3n) is 6.26. The molecule has 0 spiro atoms. The van der Waals surface area contributed by atoms with Crippen LogP contribution < -0.4 is 21.1 Å². The second kappa shape index (κ2) is 14.1. The summed E-state index contributed by atoms with van der Waals surface area (Å²) in [5, 5.41) is 13.4. The molecule has 0 saturated carbocycles. The molecule has 198 valence electrons. The van der Waals surface area contributed by atoms with E-state index in [9.17, 15) is 4.79 Å². The first kappa shape index (κ1) is 27.8. The van der Waals surface area contributed by atoms with Crippen LogP contribution in [0.15, 0.2) is 77.7 Å². The summed E-state index contributed by atoms with van der Waals surface area (Å²) in [5.41, 5.74) is 8.81. The van der Waals surface area contributed by atoms with Gasteiger partial charge in [-0.25, -0.2) is 9.71 Å². The lowest BCUT2D eigenvalue weighted by Gasteiger charge is -2.22. The largest absolute Gasteiger partial charge is 0.390 e. The van der Waals surface area contributed by atoms with Gasteiger partial charge in [0.05, 0.1) is 22.6 Å². The van der Waals surface area contributed by atoms with Gasteiger partial charge in [-0.15, -0.1) is 11.3 Å². The van der Waals surface area contributed by atoms with Crippen molar-refractivity contribution < 1.29 is 4.79 Å². The van der Waals surface area contributed by atoms with E-state index in [2.05, 4.69) is 76.5 Å². The van der Waals surface area contributed by atoms with Gasteiger partial charge in [0.25, 0.3) is 0 Å². The van der Waals surface area contributed by atoms with E-state index in [4.69, 9.17) is 10.4 Å². The number of nitrogens with two attached hydrogens (primary N) is 1. The Hall–Kier alpha value is -3.24. The van der Waals surface area contributed by atoms with Gasteiger partial charge in [-0.05, 0) is 87.1 Å². The van der Waals surface area contributed by atoms with Crippen molar-refractivity contribution in [2.45, 2.75) is 37.1 Å². The summed E-state index contributed by atoms with van der Waals surface area (Å²) in [4.78, 5) is 18.7. The molecule has 1 aliphatic heterocycles. The molecule has 2 heterocycles. The van der Waals surface area contributed by atoms with Crippen molar-refractivity contribution in [3.8, 4) is 0 Å². The number of carbonyl (C=O) groups is 1. The Bertz CT molecular complexity index is 1320. The van der Waals surface area contributed by atoms with Crippen LogP contribution in [-0.2, 0) is 11.2 Å². The number of hydrogen-bond acceptors (Lipinski definition) is 7. The maximum Gasteiger partial charge on any atom is 0.227 e. The van der Waals surface area contributed by atoms with E-state index >= 15 is 0 Å². The van der Waals surface area contributed by atoms with Crippen LogP contribution in [0, 0.1) is 18.3 Å². The first-order chi connectivity index (χ1) is 18.6. The molecule has 1 aliphatic rings. The zero-order valence-corrected chi connectivity index (χ0v) is 23.1. The maximum atomic E-state index is 12.7. The van der Waals surface area contributed by atoms with Crippen molar-refractivity contribution in [1.82, 2.24) is 15.0 Å². The Morgan fingerprint density at radius 3 is 2.68 bits per heavy atom. The minimum atomic E-state index is 0.0622. The highest BCUT2D eigenvalue weighted by Crippen LogP contribution is 2.31. The highest BCUT2D eigenvalue weighted by molar-refractivity contribution is 7.97. The summed E-state index contributed by atoms with van der Waals surface area (Å²) in [6, 6.07) is 25.1. The van der Waals surface area contributed by atoms with Crippen LogP contribution in [0.2, 0.25) is 0 Å². The number of nitrogens with zero attached hydrogens (tertiary/aromatic N) is 1. The number of rotatable bonds is 8. The zero-order chi connectivity index (χ0) is 26.7. The average Bonchev–Trinajstić information content (AvgIpc) is 3.37. The van der Waals surface area contributed by atoms with E-state index in [-0.39, 0.29) is 17.9 Å². The fourth-order valence-corrected chi connectivity index (χ4v) is 6.30. The van der Waals surface area contributed by atoms with E-state index in [1.807, 2.05) is 24.3 Å². The number of hydrogen-bond donors (Lipinski definition) is 5. The first-order valence-electron chi connectivity index (χ1n) is 12.7. The van der Waals surface area contributed by atoms with Crippen LogP contribution >= 0.6 is 23.3 Å². The van der Waals surface area contributed by atoms with Crippen LogP contribution in [0.1, 0.15) is 35.0 Å². The Labute approximate surface area is 232 Å². The van der Waals surface area contributed by atoms with Gasteiger partial charge in [-0.3, -0.25) is 10.2 Å². The molecule has 1 aromatic heterocycles. The summed E-state index contributed by atoms with van der Waals surface area (Å²) < 4.78 is 4.87. The molecule has 1 fully saturated rings. The van der Waals surface area contributed by atoms with E-state index in [1.54, 1.807) is 23.3 Å². The number of amides is 1. The second-order valence-corrected chi connectivity index (χ2v) is 11.2. The monoisotopic (exact) mass is 546 g/mol. The van der Waals surface area contributed by atoms with Crippen molar-refractivity contribution >= 4 is 51.4 Å². The quantitative estimate of drug-likeness (QED) is 0.110. The third kappa shape index (κ3) is 7.88. The van der Waals surface area contributed by atoms with Crippen LogP contribution in [0.25, 0.3) is 10.2 Å². The van der Waals surface area contributed by atoms with Gasteiger partial charge >= 0.3 is 0 Å². The molecule has 0 bridgehead atoms. The van der Waals surface area contributed by atoms with Gasteiger partial charge in [0.15, 0.2) is 0 Å². The van der Waals surface area contributed by atoms with Gasteiger partial charge in [-0.2, -0.15) is 0 Å². The summed E-state index contributed by atoms with van der Waals surface area (Å²) in [5.74, 6) is 0.205. The smallest absolute Gasteiger partial charge is 0.227 e. The Balaban J connectivity index is 0.00000107. The van der Waals surface area contributed by atoms with E-state index < -0.39 is 0 Å². The molecule has 1 amide bonds. The summed E-state index contributed by atoms with van der Waals surface area (Å²) >= 11 is 3.33. The lowest BCUT2D eigenvalue weighted by atomic mass is 9.97. The van der Waals surface area contributed by atoms with Gasteiger partial charge in [0, 0.05) is 16.5 Å². The fraction of sp³-hybridized carbons (Fsp3) is 0.276. The van der Waals surface area contributed by atoms with Gasteiger partial charge in [-0.1, -0.05) is 48.0 Å². The van der Waals surface area contributed by atoms with Gasteiger partial charge < -0.3 is 16.4 Å². The molecule has 4 aromatic rings. The standard InChI is InChI=1S/C28H30N4OS2.CH4N2/c1-19-6-4-7-20(16-19)17-25(28-31-24-10-2-3-11-26(24)34-28)32-35-23-9-5-8-22(18-23)30-27(33)21-12-14-29-15-13-21;2-1-3/h2-11,16,18,21,25,29,32H,12-15,17H2,1H3,(H,30,33);1H,(H3,2,3). The highest BCUT2D eigenvalue weighted by atomic mass is 32.2. The number of fused-ring (bicyclic) bond motifs is 1. The summed E-state index contributed by atoms with van der Waals surface area (Å²) in [6.45, 7) is 3.94. The molecular weight excluding hydrogens is 512 g/mol. The van der Waals surface area contributed by atoms with Crippen molar-refractivity contribution in [2.75, 3.05) is 18.4 Å². The van der Waals surface area contributed by atoms with Crippen LogP contribution in [-0.4, -0.2) is 30.3 Å². The average molecular weight is 547 g/mol. The SMILES string of the molecule is Cc1cccc(CC(NSc2cccc(NC(=O)C3CCNCC3)c2)c2nc3ccccc3s2)c1.N=CN. The number of benzene rings is 3. The number of para-hydroxylation sites is 1. The van der Waals surface area contributed by atoms with Crippen molar-refractivity contribution in [3.63, 3.8) is 0 Å². The first-order valence-corrected chi connectivity index (χ1v) is 14.3. The highest BCUT2D eigenvalue weighted by Gasteiger charge is 2.21. The second-order valence-electron chi connectivity index (χ2n) is 9.19. The topological polar surface area (TPSA) is 116 Å². The lowest BCUT2D eigenvalue weighted by Crippen LogP contribution is -2.34. The summed E-state index contributed by atoms with van der Waals surface area (Å²) in [6.07, 6.45) is 3.38. The number of aryl methyl sites for hydroxylation is 1. The lowest BCUT2D eigenvalue weighted by molar-refractivity contribution is -0.120. The Kier molecular flexibility index (Phi) is 10.3. The molecule has 1 unspecified atom stereocenters. The molecule has 7 nitrogen and oxygen atoms in total. The molecule has 5 rings (SSSR count). The third-order valence-corrected chi connectivity index (χ3v) is 8.30. The van der Waals surface area contributed by atoms with Crippen LogP contribution in [0.4, 0.5) is 5.69 Å². The van der Waals surface area contributed by atoms with Crippen LogP contribution in [0.5, 0.6) is 0 Å². The normalized spacial score (nSPS) is 14.3. The molecule has 9 heteroatoms. The number of thiazole rings is 1. The van der Waals surface area contributed by atoms with Gasteiger partial charge in [0.1, 0.15) is 5.01 Å². The minimum Gasteiger partial charge on any atom is -0.390 e.